The van der Waals surface area contributed by atoms with Gasteiger partial charge in [0.05, 0.1) is 13.2 Å². The van der Waals surface area contributed by atoms with E-state index < -0.39 is 51.1 Å². The maximum Gasteiger partial charge on any atom is 0.472 e. The van der Waals surface area contributed by atoms with Gasteiger partial charge in [-0.1, -0.05) is 109 Å². The molecule has 0 fully saturated rings. The number of carboxylic acids is 1. The first-order valence-corrected chi connectivity index (χ1v) is 20.4. The molecule has 0 aliphatic heterocycles. The van der Waals surface area contributed by atoms with Crippen molar-refractivity contribution in [2.24, 2.45) is 5.73 Å². The van der Waals surface area contributed by atoms with Crippen LogP contribution in [-0.2, 0) is 37.5 Å². The Morgan fingerprint density at radius 3 is 1.55 bits per heavy atom. The maximum atomic E-state index is 12.5. The van der Waals surface area contributed by atoms with Gasteiger partial charge in [-0.05, 0) is 64.2 Å². The van der Waals surface area contributed by atoms with Crippen molar-refractivity contribution in [3.05, 3.63) is 24.3 Å². The minimum absolute atomic E-state index is 0.140. The molecule has 0 saturated carbocycles. The Bertz CT molecular complexity index is 942. The molecule has 0 radical (unpaired) electrons. The van der Waals surface area contributed by atoms with Crippen molar-refractivity contribution < 1.29 is 47.5 Å². The maximum absolute atomic E-state index is 12.5. The summed E-state index contributed by atoms with van der Waals surface area (Å²) in [6, 6.07) is -1.52. The molecule has 0 aromatic heterocycles. The molecule has 0 rings (SSSR count). The Balaban J connectivity index is 4.49. The van der Waals surface area contributed by atoms with E-state index in [0.717, 1.165) is 64.2 Å². The van der Waals surface area contributed by atoms with Crippen LogP contribution < -0.4 is 5.73 Å². The second kappa shape index (κ2) is 33.1. The molecule has 49 heavy (non-hydrogen) atoms. The van der Waals surface area contributed by atoms with E-state index in [-0.39, 0.29) is 19.4 Å². The average molecular weight is 718 g/mol. The zero-order chi connectivity index (χ0) is 36.4. The third kappa shape index (κ3) is 32.9. The number of unbranched alkanes of at least 4 members (excludes halogenated alkanes) is 17. The fourth-order valence-electron chi connectivity index (χ4n) is 4.88. The smallest absolute Gasteiger partial charge is 0.472 e. The number of esters is 2. The Hall–Kier alpha value is -2.04. The highest BCUT2D eigenvalue weighted by Gasteiger charge is 2.28. The molecule has 0 heterocycles. The molecular formula is C37H68NO10P. The zero-order valence-corrected chi connectivity index (χ0v) is 31.4. The van der Waals surface area contributed by atoms with Crippen molar-refractivity contribution in [2.45, 2.75) is 174 Å². The third-order valence-electron chi connectivity index (χ3n) is 7.92. The van der Waals surface area contributed by atoms with Gasteiger partial charge in [0, 0.05) is 12.8 Å². The van der Waals surface area contributed by atoms with Crippen LogP contribution in [0.2, 0.25) is 0 Å². The quantitative estimate of drug-likeness (QED) is 0.0247. The van der Waals surface area contributed by atoms with E-state index in [9.17, 15) is 23.8 Å². The predicted molar refractivity (Wildman–Crippen MR) is 194 cm³/mol. The van der Waals surface area contributed by atoms with Gasteiger partial charge in [-0.3, -0.25) is 23.4 Å². The summed E-state index contributed by atoms with van der Waals surface area (Å²) in [5, 5.41) is 8.85. The molecule has 0 aromatic carbocycles. The third-order valence-corrected chi connectivity index (χ3v) is 8.87. The number of phosphoric acid groups is 1. The number of phosphoric ester groups is 1. The normalized spacial score (nSPS) is 14.2. The molecule has 1 unspecified atom stereocenters. The number of nitrogens with two attached hydrogens (primary N) is 1. The van der Waals surface area contributed by atoms with Gasteiger partial charge in [0.2, 0.25) is 0 Å². The fourth-order valence-corrected chi connectivity index (χ4v) is 5.65. The molecule has 286 valence electrons. The Morgan fingerprint density at radius 2 is 1.02 bits per heavy atom. The lowest BCUT2D eigenvalue weighted by Crippen LogP contribution is -2.34. The number of aliphatic carboxylic acids is 1. The summed E-state index contributed by atoms with van der Waals surface area (Å²) < 4.78 is 32.5. The van der Waals surface area contributed by atoms with Crippen LogP contribution in [0.4, 0.5) is 0 Å². The van der Waals surface area contributed by atoms with Crippen molar-refractivity contribution in [2.75, 3.05) is 19.8 Å². The number of carboxylic acid groups (broad SMARTS) is 1. The van der Waals surface area contributed by atoms with Gasteiger partial charge in [-0.25, -0.2) is 4.57 Å². The summed E-state index contributed by atoms with van der Waals surface area (Å²) in [5.74, 6) is -2.41. The van der Waals surface area contributed by atoms with Crippen molar-refractivity contribution in [3.8, 4) is 0 Å². The molecule has 0 aromatic rings. The highest BCUT2D eigenvalue weighted by molar-refractivity contribution is 7.47. The zero-order valence-electron chi connectivity index (χ0n) is 30.5. The summed E-state index contributed by atoms with van der Waals surface area (Å²) in [6.07, 6.45) is 31.1. The van der Waals surface area contributed by atoms with E-state index in [1.807, 2.05) is 0 Å². The Labute approximate surface area is 296 Å². The van der Waals surface area contributed by atoms with Gasteiger partial charge in [0.1, 0.15) is 12.6 Å². The summed E-state index contributed by atoms with van der Waals surface area (Å²) in [6.45, 7) is 2.72. The second-order valence-corrected chi connectivity index (χ2v) is 14.2. The number of allylic oxidation sites excluding steroid dienone is 4. The van der Waals surface area contributed by atoms with Crippen molar-refractivity contribution >= 4 is 25.7 Å². The lowest BCUT2D eigenvalue weighted by Gasteiger charge is -2.20. The molecule has 12 heteroatoms. The highest BCUT2D eigenvalue weighted by Crippen LogP contribution is 2.43. The summed E-state index contributed by atoms with van der Waals surface area (Å²) in [7, 11) is -4.71. The van der Waals surface area contributed by atoms with E-state index in [1.165, 1.54) is 57.8 Å². The van der Waals surface area contributed by atoms with Crippen LogP contribution in [0.5, 0.6) is 0 Å². The molecule has 0 amide bonds. The second-order valence-electron chi connectivity index (χ2n) is 12.7. The molecule has 0 saturated heterocycles. The van der Waals surface area contributed by atoms with E-state index >= 15 is 0 Å². The van der Waals surface area contributed by atoms with Gasteiger partial charge in [-0.2, -0.15) is 0 Å². The number of carbonyl (C=O) groups excluding carboxylic acids is 2. The lowest BCUT2D eigenvalue weighted by molar-refractivity contribution is -0.161. The van der Waals surface area contributed by atoms with Crippen LogP contribution in [0.1, 0.15) is 162 Å². The summed E-state index contributed by atoms with van der Waals surface area (Å²) in [4.78, 5) is 45.7. The van der Waals surface area contributed by atoms with Crippen molar-refractivity contribution in [3.63, 3.8) is 0 Å². The topological polar surface area (TPSA) is 172 Å². The SMILES string of the molecule is CCCCC/C=C/CCCCCCCC(=O)OC[C@H](COP(=O)(O)OC[C@H](N)C(=O)O)OC(=O)CCCCC/C=C/CCCCCCCC. The van der Waals surface area contributed by atoms with Crippen LogP contribution >= 0.6 is 7.82 Å². The first kappa shape index (κ1) is 47.0. The first-order chi connectivity index (χ1) is 23.6. The molecule has 4 N–H and O–H groups in total. The van der Waals surface area contributed by atoms with Crippen molar-refractivity contribution in [1.82, 2.24) is 0 Å². The first-order valence-electron chi connectivity index (χ1n) is 18.9. The minimum Gasteiger partial charge on any atom is -0.480 e. The molecular weight excluding hydrogens is 649 g/mol. The summed E-state index contributed by atoms with van der Waals surface area (Å²) >= 11 is 0. The van der Waals surface area contributed by atoms with E-state index in [2.05, 4.69) is 42.7 Å². The molecule has 0 bridgehead atoms. The Kier molecular flexibility index (Phi) is 31.7. The minimum atomic E-state index is -4.71. The molecule has 0 spiro atoms. The number of rotatable bonds is 35. The van der Waals surface area contributed by atoms with E-state index in [1.54, 1.807) is 0 Å². The number of hydrogen-bond donors (Lipinski definition) is 3. The molecule has 3 atom stereocenters. The standard InChI is InChI=1S/C37H68NO10P/c1-3-5-7-9-11-13-15-17-19-21-23-25-27-29-36(40)48-33(31-46-49(43,44)47-32-34(38)37(41)42)30-45-35(39)28-26-24-22-20-18-16-14-12-10-8-6-4-2/h12,14,17,19,33-34H,3-11,13,15-16,18,20-32,38H2,1-2H3,(H,41,42)(H,43,44)/b14-12+,19-17+/t33-,34+/m1/s1. The van der Waals surface area contributed by atoms with Crippen LogP contribution in [0.15, 0.2) is 24.3 Å². The van der Waals surface area contributed by atoms with Crippen LogP contribution in [-0.4, -0.2) is 59.9 Å². The van der Waals surface area contributed by atoms with E-state index in [0.29, 0.717) is 12.8 Å². The van der Waals surface area contributed by atoms with Crippen molar-refractivity contribution in [1.29, 1.82) is 0 Å². The number of hydrogen-bond acceptors (Lipinski definition) is 9. The van der Waals surface area contributed by atoms with Crippen LogP contribution in [0.3, 0.4) is 0 Å². The van der Waals surface area contributed by atoms with Gasteiger partial charge < -0.3 is 25.2 Å². The Morgan fingerprint density at radius 1 is 0.612 bits per heavy atom. The molecule has 11 nitrogen and oxygen atoms in total. The molecule has 0 aliphatic carbocycles. The lowest BCUT2D eigenvalue weighted by atomic mass is 10.1. The number of carbonyl (C=O) groups is 3. The van der Waals surface area contributed by atoms with E-state index in [4.69, 9.17) is 24.8 Å². The van der Waals surface area contributed by atoms with Gasteiger partial charge in [-0.15, -0.1) is 0 Å². The monoisotopic (exact) mass is 717 g/mol. The molecule has 0 aliphatic rings. The highest BCUT2D eigenvalue weighted by atomic mass is 31.2. The predicted octanol–water partition coefficient (Wildman–Crippen LogP) is 9.11. The van der Waals surface area contributed by atoms with Gasteiger partial charge in [0.15, 0.2) is 6.10 Å². The van der Waals surface area contributed by atoms with Gasteiger partial charge in [0.25, 0.3) is 0 Å². The van der Waals surface area contributed by atoms with Crippen LogP contribution in [0, 0.1) is 0 Å². The fraction of sp³-hybridized carbons (Fsp3) is 0.811. The number of ether oxygens (including phenoxy) is 2. The average Bonchev–Trinajstić information content (AvgIpc) is 3.07. The van der Waals surface area contributed by atoms with Gasteiger partial charge >= 0.3 is 25.7 Å². The summed E-state index contributed by atoms with van der Waals surface area (Å²) in [5.41, 5.74) is 5.31. The van der Waals surface area contributed by atoms with Crippen LogP contribution in [0.25, 0.3) is 0 Å². The largest absolute Gasteiger partial charge is 0.480 e.